The van der Waals surface area contributed by atoms with Gasteiger partial charge in [-0.25, -0.2) is 4.98 Å². The molecule has 588 valence electrons. The molecule has 9 aromatic rings. The molecule has 3 aromatic heterocycles. The topological polar surface area (TPSA) is 358 Å². The second-order valence-electron chi connectivity index (χ2n) is 30.2. The Morgan fingerprint density at radius 1 is 0.381 bits per heavy atom. The quantitative estimate of drug-likeness (QED) is 0.123. The van der Waals surface area contributed by atoms with Crippen LogP contribution in [0.3, 0.4) is 0 Å². The van der Waals surface area contributed by atoms with E-state index >= 15 is 5.11 Å². The monoisotopic (exact) mass is 1980 g/mol. The van der Waals surface area contributed by atoms with Gasteiger partial charge in [-0.15, -0.1) is 28.8 Å². The molecule has 0 spiro atoms. The number of hydrogen-bond acceptors (Lipinski definition) is 19. The van der Waals surface area contributed by atoms with E-state index in [0.717, 1.165) is 58.2 Å². The van der Waals surface area contributed by atoms with Gasteiger partial charge in [0.25, 0.3) is 0 Å². The van der Waals surface area contributed by atoms with Crippen molar-refractivity contribution in [3.8, 4) is 56.6 Å². The zero-order chi connectivity index (χ0) is 84.1. The first-order valence-corrected chi connectivity index (χ1v) is 35.6. The van der Waals surface area contributed by atoms with Crippen LogP contribution in [0.2, 0.25) is 0 Å². The Morgan fingerprint density at radius 3 is 0.973 bits per heavy atom. The van der Waals surface area contributed by atoms with Crippen LogP contribution in [-0.4, -0.2) is 66.0 Å². The van der Waals surface area contributed by atoms with Crippen molar-refractivity contribution >= 4 is 63.8 Å². The summed E-state index contributed by atoms with van der Waals surface area (Å²) in [7, 11) is 0. The molecular formula is C91H102N6O14U2. The van der Waals surface area contributed by atoms with E-state index < -0.39 is 5.41 Å². The van der Waals surface area contributed by atoms with E-state index in [-0.39, 0.29) is 177 Å². The van der Waals surface area contributed by atoms with Crippen LogP contribution >= 0.6 is 0 Å². The second kappa shape index (κ2) is 46.7. The number of benzene rings is 6. The first kappa shape index (κ1) is 101. The fourth-order valence-corrected chi connectivity index (χ4v) is 10.3. The van der Waals surface area contributed by atoms with Crippen molar-refractivity contribution in [3.05, 3.63) is 256 Å². The van der Waals surface area contributed by atoms with Crippen LogP contribution in [0.1, 0.15) is 191 Å². The number of allylic oxidation sites excluding steroid dienone is 10. The van der Waals surface area contributed by atoms with Gasteiger partial charge in [0.2, 0.25) is 0 Å². The number of aliphatic imine (C=N–C) groups is 2. The minimum atomic E-state index is -0.426. The van der Waals surface area contributed by atoms with Gasteiger partial charge in [-0.3, -0.25) is 43.9 Å². The summed E-state index contributed by atoms with van der Waals surface area (Å²) in [5, 5.41) is 107. The molecule has 0 saturated carbocycles. The Morgan fingerprint density at radius 2 is 0.673 bits per heavy atom. The van der Waals surface area contributed by atoms with E-state index in [2.05, 4.69) is 93.1 Å². The molecule has 8 bridgehead atoms. The van der Waals surface area contributed by atoms with Gasteiger partial charge in [-0.1, -0.05) is 202 Å². The van der Waals surface area contributed by atoms with Gasteiger partial charge in [0, 0.05) is 53.9 Å². The minimum absolute atomic E-state index is 0. The van der Waals surface area contributed by atoms with E-state index in [1.54, 1.807) is 37.2 Å². The molecule has 22 heteroatoms. The molecule has 20 nitrogen and oxygen atoms in total. The fourth-order valence-electron chi connectivity index (χ4n) is 10.3. The van der Waals surface area contributed by atoms with Crippen LogP contribution in [-0.2, 0) is 52.2 Å². The number of rotatable bonds is 5. The standard InChI is InChI=1S/C56H60N4O4.2C5H5N.5C5H8O2.2U/c1-53(2,3)35-21-32-29-57-44-17-13-14-18-45(44)58-30-33-22-36(54(4,5)6)25-41(49(33)62)42-27-38(56(10,11)12)28-43(51(42)64)52-59-46-19-15-16-20-47(46)60(52)31-34-23-37(55(7,8)9)26-40(50(34)63)39(24-35)48(32)61;2*1-2-4-6-5-3-1;5*1-4(6)3-5(2)7;;/h13-30,61-64H,31H2,1-12H3;2*1-5H;5*3,6H,1-2H3;;/q;;;;;;;;2*+4/p-8/b;;;5*4-3-;;. The Kier molecular flexibility index (Phi) is 41.7. The number of hydrogen-bond donors (Lipinski definition) is 1. The SMILES string of the molecule is CC(=O)/C=C(/C)[O-].CC(=O)/C=C(/C)[O-].CC(=O)/C=C(/C)[O-].CC(=O)/C=C(/C)[O-].CC(=O)/C=C(/C)[O-].CC(C)(C)c1cc2c([O-])c(c1)-c1cc(C(C)(C)C)cc(c1[O-])-c1nc3ccccc3n1Cc1cc(C(C)(C)C)cc(c1O)-c1cc(C(C)(C)C)cc(c1[O-])C=Nc1ccccc1N=C2.[U+4].[U+4].c1ccncc1.c1ccncc1. The van der Waals surface area contributed by atoms with Gasteiger partial charge in [0.1, 0.15) is 11.6 Å². The molecule has 0 atom stereocenters. The fraction of sp³-hybridized carbons (Fsp3) is 0.297. The van der Waals surface area contributed by atoms with Gasteiger partial charge in [0.15, 0.2) is 28.9 Å². The number of ketones is 5. The summed E-state index contributed by atoms with van der Waals surface area (Å²) in [5.74, 6) is -2.46. The molecular weight excluding hydrogens is 1880 g/mol. The number of nitrogens with zero attached hydrogens (tertiary/aromatic N) is 6. The molecule has 4 heterocycles. The summed E-state index contributed by atoms with van der Waals surface area (Å²) >= 11 is 0. The average molecular weight is 1980 g/mol. The molecule has 0 aliphatic carbocycles. The Bertz CT molecular complexity index is 4660. The third-order valence-electron chi connectivity index (χ3n) is 15.5. The van der Waals surface area contributed by atoms with E-state index in [0.29, 0.717) is 56.1 Å². The maximum absolute atomic E-state index is 15.3. The number of aromatic nitrogens is 4. The summed E-state index contributed by atoms with van der Waals surface area (Å²) in [6.07, 6.45) is 15.4. The zero-order valence-corrected chi connectivity index (χ0v) is 77.0. The molecule has 6 aromatic carbocycles. The number of phenolic OH excluding ortho intramolecular Hbond substituents is 1. The van der Waals surface area contributed by atoms with E-state index in [1.807, 2.05) is 138 Å². The van der Waals surface area contributed by atoms with Crippen molar-refractivity contribution < 1.29 is 132 Å². The summed E-state index contributed by atoms with van der Waals surface area (Å²) in [4.78, 5) is 72.3. The van der Waals surface area contributed by atoms with Crippen molar-refractivity contribution in [3.63, 3.8) is 0 Å². The number of carbonyl (C=O) groups excluding carboxylic acids is 5. The normalized spacial score (nSPS) is 12.0. The van der Waals surface area contributed by atoms with E-state index in [4.69, 9.17) is 15.0 Å². The third-order valence-corrected chi connectivity index (χ3v) is 15.5. The number of phenols is 1. The van der Waals surface area contributed by atoms with Gasteiger partial charge in [-0.2, -0.15) is 0 Å². The van der Waals surface area contributed by atoms with Crippen molar-refractivity contribution in [2.45, 2.75) is 181 Å². The third kappa shape index (κ3) is 35.2. The largest absolute Gasteiger partial charge is 4.00 e. The number of pyridine rings is 2. The maximum Gasteiger partial charge on any atom is 4.00 e. The Hall–Kier alpha value is -10.2. The zero-order valence-electron chi connectivity index (χ0n) is 68.7. The molecule has 10 rings (SSSR count). The molecule has 0 saturated heterocycles. The van der Waals surface area contributed by atoms with Crippen LogP contribution < -0.4 is 40.9 Å². The number of fused-ring (bicyclic) bond motifs is 15. The molecule has 0 unspecified atom stereocenters. The van der Waals surface area contributed by atoms with E-state index in [1.165, 1.54) is 69.2 Å². The summed E-state index contributed by atoms with van der Waals surface area (Å²) in [6, 6.07) is 41.6. The van der Waals surface area contributed by atoms with Gasteiger partial charge in [0.05, 0.1) is 29.0 Å². The molecule has 0 amide bonds. The Labute approximate surface area is 713 Å². The summed E-state index contributed by atoms with van der Waals surface area (Å²) < 4.78 is 1.97. The second-order valence-corrected chi connectivity index (χ2v) is 30.2. The first-order chi connectivity index (χ1) is 51.5. The minimum Gasteiger partial charge on any atom is -0.876 e. The number of carbonyl (C=O) groups is 5. The number of aromatic hydroxyl groups is 1. The molecule has 1 aliphatic heterocycles. The number of imidazole rings is 1. The molecule has 1 N–H and O–H groups in total. The first-order valence-electron chi connectivity index (χ1n) is 35.6. The van der Waals surface area contributed by atoms with Crippen LogP contribution in [0, 0.1) is 62.2 Å². The van der Waals surface area contributed by atoms with Crippen LogP contribution in [0.15, 0.2) is 227 Å². The van der Waals surface area contributed by atoms with Crippen LogP contribution in [0.5, 0.6) is 23.0 Å². The smallest absolute Gasteiger partial charge is 0.876 e. The van der Waals surface area contributed by atoms with Crippen LogP contribution in [0.25, 0.3) is 44.7 Å². The maximum atomic E-state index is 15.3. The van der Waals surface area contributed by atoms with Crippen molar-refractivity contribution in [2.75, 3.05) is 0 Å². The van der Waals surface area contributed by atoms with Crippen molar-refractivity contribution in [2.24, 2.45) is 9.98 Å². The molecule has 0 radical (unpaired) electrons. The Balaban J connectivity index is 0.00000104. The van der Waals surface area contributed by atoms with Crippen molar-refractivity contribution in [1.29, 1.82) is 0 Å². The van der Waals surface area contributed by atoms with E-state index in [9.17, 15) is 64.8 Å². The molecule has 1 aliphatic rings. The number of para-hydroxylation sites is 4. The average Bonchev–Trinajstić information content (AvgIpc) is 1.70. The predicted octanol–water partition coefficient (Wildman–Crippen LogP) is 13.4. The summed E-state index contributed by atoms with van der Waals surface area (Å²) in [6.45, 7) is 38.7. The molecule has 0 fully saturated rings. The van der Waals surface area contributed by atoms with Crippen LogP contribution in [0.4, 0.5) is 11.4 Å². The van der Waals surface area contributed by atoms with Crippen molar-refractivity contribution in [1.82, 2.24) is 19.5 Å². The van der Waals surface area contributed by atoms with Gasteiger partial charge < -0.3 is 50.5 Å². The molecule has 113 heavy (non-hydrogen) atoms. The van der Waals surface area contributed by atoms with Gasteiger partial charge in [-0.05, 0) is 203 Å². The predicted molar refractivity (Wildman–Crippen MR) is 428 cm³/mol. The van der Waals surface area contributed by atoms with Gasteiger partial charge >= 0.3 is 62.2 Å². The summed E-state index contributed by atoms with van der Waals surface area (Å²) in [5.41, 5.74) is 7.30.